The average molecular weight is 318 g/mol. The van der Waals surface area contributed by atoms with Crippen LogP contribution in [0.1, 0.15) is 44.7 Å². The highest BCUT2D eigenvalue weighted by atomic mass is 16.5. The van der Waals surface area contributed by atoms with Gasteiger partial charge in [-0.15, -0.1) is 0 Å². The van der Waals surface area contributed by atoms with Crippen LogP contribution in [0.25, 0.3) is 0 Å². The standard InChI is InChI=1S/C15H20N4O2.C2H6/c1-8(2)10-6-11(20-4)9(3)5-12(10)21-13-7-18-15(17)19-14(13)16;1-2/h5-8H,1-4H3,(H4,16,17,18,19);1-2H3. The van der Waals surface area contributed by atoms with Gasteiger partial charge in [0.1, 0.15) is 11.5 Å². The summed E-state index contributed by atoms with van der Waals surface area (Å²) in [6.07, 6.45) is 1.47. The number of hydrogen-bond donors (Lipinski definition) is 2. The number of nitrogen functional groups attached to an aromatic ring is 2. The average Bonchev–Trinajstić information content (AvgIpc) is 2.52. The van der Waals surface area contributed by atoms with Crippen LogP contribution in [0.2, 0.25) is 0 Å². The van der Waals surface area contributed by atoms with Gasteiger partial charge in [-0.2, -0.15) is 4.98 Å². The minimum absolute atomic E-state index is 0.120. The molecule has 0 saturated carbocycles. The second-order valence-electron chi connectivity index (χ2n) is 5.09. The molecule has 0 saturated heterocycles. The van der Waals surface area contributed by atoms with Crippen LogP contribution in [-0.4, -0.2) is 17.1 Å². The second kappa shape index (κ2) is 8.22. The highest BCUT2D eigenvalue weighted by Gasteiger charge is 2.14. The Kier molecular flexibility index (Phi) is 6.63. The Bertz CT molecular complexity index is 657. The van der Waals surface area contributed by atoms with Crippen molar-refractivity contribution in [3.8, 4) is 17.2 Å². The third-order valence-corrected chi connectivity index (χ3v) is 3.17. The first-order valence-electron chi connectivity index (χ1n) is 7.66. The van der Waals surface area contributed by atoms with Crippen molar-refractivity contribution in [1.82, 2.24) is 9.97 Å². The maximum absolute atomic E-state index is 5.88. The lowest BCUT2D eigenvalue weighted by atomic mass is 10.00. The van der Waals surface area contributed by atoms with Crippen LogP contribution < -0.4 is 20.9 Å². The molecule has 0 aliphatic rings. The molecule has 2 rings (SSSR count). The molecular formula is C17H26N4O2. The second-order valence-corrected chi connectivity index (χ2v) is 5.09. The van der Waals surface area contributed by atoms with Crippen molar-refractivity contribution in [2.75, 3.05) is 18.6 Å². The number of ether oxygens (including phenoxy) is 2. The van der Waals surface area contributed by atoms with Gasteiger partial charge in [0.15, 0.2) is 11.6 Å². The minimum atomic E-state index is 0.120. The highest BCUT2D eigenvalue weighted by Crippen LogP contribution is 2.36. The number of nitrogens with zero attached hydrogens (tertiary/aromatic N) is 2. The normalized spacial score (nSPS) is 10.0. The number of hydrogen-bond acceptors (Lipinski definition) is 6. The van der Waals surface area contributed by atoms with Gasteiger partial charge in [-0.1, -0.05) is 27.7 Å². The summed E-state index contributed by atoms with van der Waals surface area (Å²) in [5.74, 6) is 2.53. The largest absolute Gasteiger partial charge is 0.496 e. The van der Waals surface area contributed by atoms with E-state index in [9.17, 15) is 0 Å². The van der Waals surface area contributed by atoms with E-state index in [0.717, 1.165) is 16.9 Å². The van der Waals surface area contributed by atoms with Gasteiger partial charge in [0, 0.05) is 5.56 Å². The van der Waals surface area contributed by atoms with Crippen molar-refractivity contribution in [1.29, 1.82) is 0 Å². The number of anilines is 2. The summed E-state index contributed by atoms with van der Waals surface area (Å²) in [5, 5.41) is 0. The van der Waals surface area contributed by atoms with Crippen LogP contribution in [0.4, 0.5) is 11.8 Å². The molecule has 0 atom stereocenters. The summed E-state index contributed by atoms with van der Waals surface area (Å²) >= 11 is 0. The van der Waals surface area contributed by atoms with Gasteiger partial charge in [0.25, 0.3) is 0 Å². The first kappa shape index (κ1) is 18.5. The molecule has 6 nitrogen and oxygen atoms in total. The topological polar surface area (TPSA) is 96.3 Å². The summed E-state index contributed by atoms with van der Waals surface area (Å²) in [6.45, 7) is 10.1. The Labute approximate surface area is 137 Å². The zero-order chi connectivity index (χ0) is 17.6. The van der Waals surface area contributed by atoms with Crippen molar-refractivity contribution in [2.45, 2.75) is 40.5 Å². The van der Waals surface area contributed by atoms with E-state index >= 15 is 0 Å². The molecule has 0 spiro atoms. The Hall–Kier alpha value is -2.50. The third kappa shape index (κ3) is 4.48. The van der Waals surface area contributed by atoms with Crippen molar-refractivity contribution < 1.29 is 9.47 Å². The first-order chi connectivity index (χ1) is 10.9. The lowest BCUT2D eigenvalue weighted by Crippen LogP contribution is -2.03. The van der Waals surface area contributed by atoms with Crippen molar-refractivity contribution in [3.05, 3.63) is 29.5 Å². The molecule has 1 aromatic carbocycles. The molecule has 0 unspecified atom stereocenters. The molecule has 1 heterocycles. The predicted octanol–water partition coefficient (Wildman–Crippen LogP) is 3.90. The molecule has 126 valence electrons. The van der Waals surface area contributed by atoms with Crippen LogP contribution in [0.3, 0.4) is 0 Å². The smallest absolute Gasteiger partial charge is 0.222 e. The van der Waals surface area contributed by atoms with Crippen LogP contribution in [0, 0.1) is 6.92 Å². The van der Waals surface area contributed by atoms with Gasteiger partial charge in [-0.3, -0.25) is 0 Å². The number of benzene rings is 1. The van der Waals surface area contributed by atoms with E-state index in [2.05, 4.69) is 23.8 Å². The monoisotopic (exact) mass is 318 g/mol. The zero-order valence-electron chi connectivity index (χ0n) is 14.7. The Morgan fingerprint density at radius 1 is 1.04 bits per heavy atom. The summed E-state index contributed by atoms with van der Waals surface area (Å²) in [5.41, 5.74) is 13.3. The van der Waals surface area contributed by atoms with E-state index in [0.29, 0.717) is 11.5 Å². The van der Waals surface area contributed by atoms with Crippen molar-refractivity contribution >= 4 is 11.8 Å². The molecule has 4 N–H and O–H groups in total. The molecule has 0 amide bonds. The fraction of sp³-hybridized carbons (Fsp3) is 0.412. The first-order valence-corrected chi connectivity index (χ1v) is 7.66. The zero-order valence-corrected chi connectivity index (χ0v) is 14.7. The van der Waals surface area contributed by atoms with Gasteiger partial charge in [0.05, 0.1) is 13.3 Å². The molecule has 0 fully saturated rings. The maximum atomic E-state index is 5.88. The van der Waals surface area contributed by atoms with Gasteiger partial charge in [-0.25, -0.2) is 4.98 Å². The molecule has 0 aliphatic heterocycles. The lowest BCUT2D eigenvalue weighted by molar-refractivity contribution is 0.407. The minimum Gasteiger partial charge on any atom is -0.496 e. The number of methoxy groups -OCH3 is 1. The third-order valence-electron chi connectivity index (χ3n) is 3.17. The van der Waals surface area contributed by atoms with E-state index in [4.69, 9.17) is 20.9 Å². The Morgan fingerprint density at radius 3 is 2.22 bits per heavy atom. The summed E-state index contributed by atoms with van der Waals surface area (Å²) in [7, 11) is 1.65. The Morgan fingerprint density at radius 2 is 1.70 bits per heavy atom. The van der Waals surface area contributed by atoms with E-state index in [1.165, 1.54) is 6.20 Å². The van der Waals surface area contributed by atoms with Crippen LogP contribution in [0.15, 0.2) is 18.3 Å². The van der Waals surface area contributed by atoms with Gasteiger partial charge < -0.3 is 20.9 Å². The molecule has 1 aromatic heterocycles. The van der Waals surface area contributed by atoms with E-state index in [-0.39, 0.29) is 17.7 Å². The number of nitrogens with two attached hydrogens (primary N) is 2. The number of aryl methyl sites for hydroxylation is 1. The molecule has 6 heteroatoms. The molecule has 23 heavy (non-hydrogen) atoms. The van der Waals surface area contributed by atoms with E-state index in [1.807, 2.05) is 32.9 Å². The summed E-state index contributed by atoms with van der Waals surface area (Å²) in [4.78, 5) is 7.80. The molecule has 2 aromatic rings. The SMILES string of the molecule is CC.COc1cc(C(C)C)c(Oc2cnc(N)nc2N)cc1C. The quantitative estimate of drug-likeness (QED) is 0.887. The number of rotatable bonds is 4. The lowest BCUT2D eigenvalue weighted by Gasteiger charge is -2.17. The predicted molar refractivity (Wildman–Crippen MR) is 94.1 cm³/mol. The molecule has 0 bridgehead atoms. The van der Waals surface area contributed by atoms with Crippen LogP contribution >= 0.6 is 0 Å². The maximum Gasteiger partial charge on any atom is 0.222 e. The number of aromatic nitrogens is 2. The molecular weight excluding hydrogens is 292 g/mol. The van der Waals surface area contributed by atoms with Crippen LogP contribution in [-0.2, 0) is 0 Å². The highest BCUT2D eigenvalue weighted by molar-refractivity contribution is 5.53. The van der Waals surface area contributed by atoms with Gasteiger partial charge in [-0.05, 0) is 30.5 Å². The fourth-order valence-electron chi connectivity index (χ4n) is 2.03. The van der Waals surface area contributed by atoms with E-state index < -0.39 is 0 Å². The fourth-order valence-corrected chi connectivity index (χ4v) is 2.03. The van der Waals surface area contributed by atoms with Crippen LogP contribution in [0.5, 0.6) is 17.2 Å². The summed E-state index contributed by atoms with van der Waals surface area (Å²) < 4.78 is 11.2. The van der Waals surface area contributed by atoms with Gasteiger partial charge in [0.2, 0.25) is 5.95 Å². The molecule has 0 radical (unpaired) electrons. The van der Waals surface area contributed by atoms with Gasteiger partial charge >= 0.3 is 0 Å². The van der Waals surface area contributed by atoms with E-state index in [1.54, 1.807) is 7.11 Å². The Balaban J connectivity index is 0.00000127. The van der Waals surface area contributed by atoms with Crippen molar-refractivity contribution in [2.24, 2.45) is 0 Å². The summed E-state index contributed by atoms with van der Waals surface area (Å²) in [6, 6.07) is 3.90. The molecule has 0 aliphatic carbocycles. The van der Waals surface area contributed by atoms with Crippen molar-refractivity contribution in [3.63, 3.8) is 0 Å².